The molecule has 15 heavy (non-hydrogen) atoms. The van der Waals surface area contributed by atoms with Gasteiger partial charge in [0, 0.05) is 17.8 Å². The molecule has 0 fully saturated rings. The Morgan fingerprint density at radius 3 is 2.93 bits per heavy atom. The van der Waals surface area contributed by atoms with Crippen molar-refractivity contribution in [1.29, 1.82) is 0 Å². The van der Waals surface area contributed by atoms with Crippen LogP contribution < -0.4 is 5.32 Å². The molecule has 0 saturated carbocycles. The highest BCUT2D eigenvalue weighted by Crippen LogP contribution is 2.33. The van der Waals surface area contributed by atoms with Crippen molar-refractivity contribution >= 4 is 5.95 Å². The zero-order chi connectivity index (χ0) is 10.4. The SMILES string of the molecule is CC1CC(C)n2c(nc3c2CCCC3)N1. The molecule has 2 atom stereocenters. The molecule has 1 aliphatic heterocycles. The Labute approximate surface area is 90.9 Å². The van der Waals surface area contributed by atoms with Gasteiger partial charge < -0.3 is 9.88 Å². The molecule has 1 aliphatic carbocycles. The zero-order valence-electron chi connectivity index (χ0n) is 9.58. The molecule has 0 bridgehead atoms. The standard InChI is InChI=1S/C12H19N3/c1-8-7-9(2)15-11-6-4-3-5-10(11)14-12(15)13-8/h8-9H,3-7H2,1-2H3,(H,13,14). The van der Waals surface area contributed by atoms with Crippen molar-refractivity contribution in [1.82, 2.24) is 9.55 Å². The van der Waals surface area contributed by atoms with Crippen LogP contribution in [0.1, 0.15) is 50.5 Å². The van der Waals surface area contributed by atoms with Gasteiger partial charge in [0.05, 0.1) is 5.69 Å². The first-order chi connectivity index (χ1) is 7.25. The number of rotatable bonds is 0. The van der Waals surface area contributed by atoms with Crippen LogP contribution in [-0.4, -0.2) is 15.6 Å². The maximum absolute atomic E-state index is 4.74. The average Bonchev–Trinajstić information content (AvgIpc) is 2.54. The fraction of sp³-hybridized carbons (Fsp3) is 0.750. The lowest BCUT2D eigenvalue weighted by Crippen LogP contribution is -2.29. The van der Waals surface area contributed by atoms with E-state index in [2.05, 4.69) is 23.7 Å². The van der Waals surface area contributed by atoms with E-state index in [-0.39, 0.29) is 0 Å². The summed E-state index contributed by atoms with van der Waals surface area (Å²) in [5.74, 6) is 1.12. The van der Waals surface area contributed by atoms with Gasteiger partial charge in [0.25, 0.3) is 0 Å². The third-order valence-electron chi connectivity index (χ3n) is 3.68. The predicted molar refractivity (Wildman–Crippen MR) is 61.3 cm³/mol. The molecule has 3 heteroatoms. The highest BCUT2D eigenvalue weighted by molar-refractivity contribution is 5.39. The third-order valence-corrected chi connectivity index (χ3v) is 3.68. The van der Waals surface area contributed by atoms with Crippen LogP contribution in [0.2, 0.25) is 0 Å². The Bertz CT molecular complexity index is 380. The lowest BCUT2D eigenvalue weighted by molar-refractivity contribution is 0.433. The number of nitrogens with zero attached hydrogens (tertiary/aromatic N) is 2. The van der Waals surface area contributed by atoms with Crippen molar-refractivity contribution in [3.05, 3.63) is 11.4 Å². The Morgan fingerprint density at radius 1 is 1.27 bits per heavy atom. The van der Waals surface area contributed by atoms with Gasteiger partial charge in [-0.15, -0.1) is 0 Å². The van der Waals surface area contributed by atoms with Crippen molar-refractivity contribution in [3.63, 3.8) is 0 Å². The van der Waals surface area contributed by atoms with Crippen molar-refractivity contribution in [2.45, 2.75) is 58.0 Å². The summed E-state index contributed by atoms with van der Waals surface area (Å²) in [6.07, 6.45) is 6.27. The lowest BCUT2D eigenvalue weighted by atomic mass is 10.00. The Balaban J connectivity index is 2.08. The quantitative estimate of drug-likeness (QED) is 0.705. The summed E-state index contributed by atoms with van der Waals surface area (Å²) < 4.78 is 2.44. The predicted octanol–water partition coefficient (Wildman–Crippen LogP) is 2.53. The summed E-state index contributed by atoms with van der Waals surface area (Å²) in [6.45, 7) is 4.56. The normalized spacial score (nSPS) is 29.2. The van der Waals surface area contributed by atoms with E-state index in [4.69, 9.17) is 4.98 Å². The highest BCUT2D eigenvalue weighted by Gasteiger charge is 2.27. The number of fused-ring (bicyclic) bond motifs is 3. The van der Waals surface area contributed by atoms with Crippen LogP contribution in [-0.2, 0) is 12.8 Å². The van der Waals surface area contributed by atoms with Gasteiger partial charge in [0.15, 0.2) is 0 Å². The van der Waals surface area contributed by atoms with Gasteiger partial charge in [0.1, 0.15) is 0 Å². The fourth-order valence-corrected chi connectivity index (χ4v) is 3.04. The van der Waals surface area contributed by atoms with E-state index in [1.54, 1.807) is 0 Å². The molecule has 3 nitrogen and oxygen atoms in total. The maximum Gasteiger partial charge on any atom is 0.203 e. The summed E-state index contributed by atoms with van der Waals surface area (Å²) in [4.78, 5) is 4.74. The van der Waals surface area contributed by atoms with Crippen LogP contribution in [0.15, 0.2) is 0 Å². The molecule has 0 aromatic carbocycles. The fourth-order valence-electron chi connectivity index (χ4n) is 3.04. The first-order valence-corrected chi connectivity index (χ1v) is 6.12. The van der Waals surface area contributed by atoms with E-state index in [0.717, 1.165) is 5.95 Å². The smallest absolute Gasteiger partial charge is 0.203 e. The van der Waals surface area contributed by atoms with Crippen molar-refractivity contribution in [2.75, 3.05) is 5.32 Å². The van der Waals surface area contributed by atoms with Gasteiger partial charge in [-0.2, -0.15) is 0 Å². The average molecular weight is 205 g/mol. The molecular formula is C12H19N3. The number of imidazole rings is 1. The molecule has 0 radical (unpaired) electrons. The number of hydrogen-bond donors (Lipinski definition) is 1. The first-order valence-electron chi connectivity index (χ1n) is 6.12. The second-order valence-corrected chi connectivity index (χ2v) is 5.04. The van der Waals surface area contributed by atoms with Crippen LogP contribution in [0.25, 0.3) is 0 Å². The molecule has 82 valence electrons. The van der Waals surface area contributed by atoms with Crippen LogP contribution in [0.5, 0.6) is 0 Å². The number of aryl methyl sites for hydroxylation is 1. The third kappa shape index (κ3) is 1.36. The van der Waals surface area contributed by atoms with Crippen LogP contribution in [0, 0.1) is 0 Å². The van der Waals surface area contributed by atoms with Crippen LogP contribution >= 0.6 is 0 Å². The molecule has 1 aromatic rings. The van der Waals surface area contributed by atoms with Gasteiger partial charge >= 0.3 is 0 Å². The van der Waals surface area contributed by atoms with Crippen molar-refractivity contribution < 1.29 is 0 Å². The molecule has 2 unspecified atom stereocenters. The maximum atomic E-state index is 4.74. The molecule has 2 heterocycles. The second-order valence-electron chi connectivity index (χ2n) is 5.04. The number of anilines is 1. The highest BCUT2D eigenvalue weighted by atomic mass is 15.3. The topological polar surface area (TPSA) is 29.9 Å². The summed E-state index contributed by atoms with van der Waals surface area (Å²) >= 11 is 0. The molecule has 0 amide bonds. The molecule has 3 rings (SSSR count). The molecule has 0 spiro atoms. The van der Waals surface area contributed by atoms with E-state index in [1.807, 2.05) is 0 Å². The van der Waals surface area contributed by atoms with Gasteiger partial charge in [-0.25, -0.2) is 4.98 Å². The van der Waals surface area contributed by atoms with Crippen molar-refractivity contribution in [2.24, 2.45) is 0 Å². The number of nitrogens with one attached hydrogen (secondary N) is 1. The number of hydrogen-bond acceptors (Lipinski definition) is 2. The molecular weight excluding hydrogens is 186 g/mol. The van der Waals surface area contributed by atoms with Gasteiger partial charge in [0.2, 0.25) is 5.95 Å². The lowest BCUT2D eigenvalue weighted by Gasteiger charge is -2.30. The van der Waals surface area contributed by atoms with Crippen molar-refractivity contribution in [3.8, 4) is 0 Å². The molecule has 0 saturated heterocycles. The summed E-state index contributed by atoms with van der Waals surface area (Å²) in [7, 11) is 0. The number of aromatic nitrogens is 2. The molecule has 1 N–H and O–H groups in total. The van der Waals surface area contributed by atoms with Gasteiger partial charge in [-0.3, -0.25) is 0 Å². The summed E-state index contributed by atoms with van der Waals surface area (Å²) in [5, 5.41) is 3.50. The molecule has 1 aromatic heterocycles. The van der Waals surface area contributed by atoms with Gasteiger partial charge in [-0.1, -0.05) is 0 Å². The zero-order valence-corrected chi connectivity index (χ0v) is 9.58. The first kappa shape index (κ1) is 9.25. The van der Waals surface area contributed by atoms with E-state index in [1.165, 1.54) is 43.5 Å². The largest absolute Gasteiger partial charge is 0.353 e. The summed E-state index contributed by atoms with van der Waals surface area (Å²) in [6, 6.07) is 1.18. The second kappa shape index (κ2) is 3.26. The minimum Gasteiger partial charge on any atom is -0.353 e. The Morgan fingerprint density at radius 2 is 2.07 bits per heavy atom. The molecule has 2 aliphatic rings. The van der Waals surface area contributed by atoms with Gasteiger partial charge in [-0.05, 0) is 46.0 Å². The van der Waals surface area contributed by atoms with E-state index < -0.39 is 0 Å². The van der Waals surface area contributed by atoms with E-state index >= 15 is 0 Å². The van der Waals surface area contributed by atoms with E-state index in [9.17, 15) is 0 Å². The summed E-state index contributed by atoms with van der Waals surface area (Å²) in [5.41, 5.74) is 2.85. The van der Waals surface area contributed by atoms with Crippen LogP contribution in [0.4, 0.5) is 5.95 Å². The monoisotopic (exact) mass is 205 g/mol. The minimum atomic E-state index is 0.566. The Kier molecular flexibility index (Phi) is 2.01. The van der Waals surface area contributed by atoms with Crippen LogP contribution in [0.3, 0.4) is 0 Å². The minimum absolute atomic E-state index is 0.566. The van der Waals surface area contributed by atoms with E-state index in [0.29, 0.717) is 12.1 Å². The Hall–Kier alpha value is -0.990.